The first-order valence-electron chi connectivity index (χ1n) is 6.16. The van der Waals surface area contributed by atoms with Gasteiger partial charge in [-0.25, -0.2) is 4.98 Å². The van der Waals surface area contributed by atoms with Crippen LogP contribution in [0.5, 0.6) is 0 Å². The van der Waals surface area contributed by atoms with Gasteiger partial charge in [0.05, 0.1) is 21.9 Å². The van der Waals surface area contributed by atoms with Crippen molar-refractivity contribution in [3.63, 3.8) is 0 Å². The lowest BCUT2D eigenvalue weighted by molar-refractivity contribution is 0.135. The molecular formula is C12H14F2N2O2S2. The summed E-state index contributed by atoms with van der Waals surface area (Å²) in [5.41, 5.74) is 0. The van der Waals surface area contributed by atoms with Gasteiger partial charge in [-0.2, -0.15) is 8.78 Å². The van der Waals surface area contributed by atoms with Gasteiger partial charge in [-0.1, -0.05) is 5.16 Å². The van der Waals surface area contributed by atoms with Gasteiger partial charge in [0.25, 0.3) is 6.08 Å². The Hall–Kier alpha value is -1.15. The summed E-state index contributed by atoms with van der Waals surface area (Å²) in [6.45, 7) is 0.634. The highest BCUT2D eigenvalue weighted by atomic mass is 32.2. The summed E-state index contributed by atoms with van der Waals surface area (Å²) in [6, 6.07) is 0. The molecule has 0 radical (unpaired) electrons. The Morgan fingerprint density at radius 1 is 1.60 bits per heavy atom. The Labute approximate surface area is 122 Å². The largest absolute Gasteiger partial charge is 0.395 e. The number of hydrogen-bond donors (Lipinski definition) is 0. The molecule has 1 atom stereocenters. The summed E-state index contributed by atoms with van der Waals surface area (Å²) in [7, 11) is -1.36. The number of allylic oxidation sites excluding steroid dienone is 1. The van der Waals surface area contributed by atoms with Crippen molar-refractivity contribution >= 4 is 28.4 Å². The van der Waals surface area contributed by atoms with Crippen LogP contribution < -0.4 is 0 Å². The van der Waals surface area contributed by atoms with E-state index in [9.17, 15) is 13.0 Å². The highest BCUT2D eigenvalue weighted by Crippen LogP contribution is 2.28. The topological polar surface area (TPSA) is 51.5 Å². The minimum atomic E-state index is -1.75. The van der Waals surface area contributed by atoms with Crippen LogP contribution in [-0.4, -0.2) is 27.8 Å². The Balaban J connectivity index is 1.77. The van der Waals surface area contributed by atoms with Crippen molar-refractivity contribution in [2.45, 2.75) is 23.6 Å². The maximum absolute atomic E-state index is 11.8. The molecule has 1 fully saturated rings. The van der Waals surface area contributed by atoms with Gasteiger partial charge in [-0.3, -0.25) is 4.21 Å². The third-order valence-electron chi connectivity index (χ3n) is 2.56. The summed E-state index contributed by atoms with van der Waals surface area (Å²) in [5, 5.41) is 3.82. The van der Waals surface area contributed by atoms with E-state index >= 15 is 0 Å². The summed E-state index contributed by atoms with van der Waals surface area (Å²) >= 11 is 1.23. The van der Waals surface area contributed by atoms with Crippen molar-refractivity contribution in [2.75, 3.05) is 12.4 Å². The summed E-state index contributed by atoms with van der Waals surface area (Å²) < 4.78 is 35.9. The molecule has 110 valence electrons. The van der Waals surface area contributed by atoms with Crippen LogP contribution in [0.2, 0.25) is 0 Å². The standard InChI is InChI=1S/C12H14F2N2O2S2/c13-11(14)2-1-5-20(17)12-15-6-10(19-12)7-16-18-8-9-3-4-9/h2,6-7,9H,1,3-5,8H2. The van der Waals surface area contributed by atoms with Gasteiger partial charge in [0.1, 0.15) is 6.61 Å². The highest BCUT2D eigenvalue weighted by Gasteiger charge is 2.21. The second-order valence-corrected chi connectivity index (χ2v) is 7.14. The van der Waals surface area contributed by atoms with E-state index in [-0.39, 0.29) is 12.2 Å². The molecule has 1 aromatic heterocycles. The Kier molecular flexibility index (Phi) is 5.78. The maximum Gasteiger partial charge on any atom is 0.266 e. The number of rotatable bonds is 8. The van der Waals surface area contributed by atoms with Gasteiger partial charge in [0.15, 0.2) is 4.34 Å². The fourth-order valence-electron chi connectivity index (χ4n) is 1.32. The quantitative estimate of drug-likeness (QED) is 0.546. The first-order valence-corrected chi connectivity index (χ1v) is 8.29. The van der Waals surface area contributed by atoms with Gasteiger partial charge in [0, 0.05) is 11.9 Å². The molecule has 4 nitrogen and oxygen atoms in total. The number of halogens is 2. The molecule has 1 heterocycles. The molecule has 20 heavy (non-hydrogen) atoms. The monoisotopic (exact) mass is 320 g/mol. The van der Waals surface area contributed by atoms with Gasteiger partial charge < -0.3 is 4.84 Å². The van der Waals surface area contributed by atoms with E-state index in [2.05, 4.69) is 10.1 Å². The maximum atomic E-state index is 11.8. The van der Waals surface area contributed by atoms with Crippen LogP contribution in [0.3, 0.4) is 0 Å². The van der Waals surface area contributed by atoms with Crippen LogP contribution in [0.15, 0.2) is 27.8 Å². The molecule has 0 aromatic carbocycles. The van der Waals surface area contributed by atoms with Gasteiger partial charge >= 0.3 is 0 Å². The highest BCUT2D eigenvalue weighted by molar-refractivity contribution is 7.87. The van der Waals surface area contributed by atoms with Gasteiger partial charge in [-0.15, -0.1) is 11.3 Å². The average molecular weight is 320 g/mol. The zero-order valence-electron chi connectivity index (χ0n) is 10.6. The smallest absolute Gasteiger partial charge is 0.266 e. The minimum absolute atomic E-state index is 0.0719. The van der Waals surface area contributed by atoms with E-state index in [4.69, 9.17) is 4.84 Å². The molecule has 1 aliphatic carbocycles. The molecule has 0 amide bonds. The van der Waals surface area contributed by atoms with E-state index < -0.39 is 16.9 Å². The zero-order valence-corrected chi connectivity index (χ0v) is 12.3. The molecule has 2 rings (SSSR count). The molecule has 1 aliphatic rings. The van der Waals surface area contributed by atoms with E-state index in [1.807, 2.05) is 0 Å². The van der Waals surface area contributed by atoms with Crippen molar-refractivity contribution < 1.29 is 17.8 Å². The average Bonchev–Trinajstić information content (AvgIpc) is 3.11. The van der Waals surface area contributed by atoms with E-state index in [0.717, 1.165) is 11.0 Å². The van der Waals surface area contributed by atoms with Crippen LogP contribution in [0.1, 0.15) is 24.1 Å². The van der Waals surface area contributed by atoms with Crippen molar-refractivity contribution in [1.82, 2.24) is 4.98 Å². The molecule has 0 spiro atoms. The number of aromatic nitrogens is 1. The first kappa shape index (κ1) is 15.2. The van der Waals surface area contributed by atoms with Gasteiger partial charge in [-0.05, 0) is 31.3 Å². The molecule has 1 unspecified atom stereocenters. The summed E-state index contributed by atoms with van der Waals surface area (Å²) in [5.74, 6) is 0.778. The lowest BCUT2D eigenvalue weighted by Crippen LogP contribution is -1.95. The first-order chi connectivity index (χ1) is 9.65. The van der Waals surface area contributed by atoms with Crippen LogP contribution in [-0.2, 0) is 15.6 Å². The van der Waals surface area contributed by atoms with Crippen LogP contribution in [0.25, 0.3) is 0 Å². The molecule has 0 saturated heterocycles. The Bertz CT molecular complexity index is 523. The van der Waals surface area contributed by atoms with Crippen LogP contribution in [0.4, 0.5) is 8.78 Å². The summed E-state index contributed by atoms with van der Waals surface area (Å²) in [4.78, 5) is 9.84. The normalized spacial score (nSPS) is 16.3. The molecule has 0 N–H and O–H groups in total. The predicted molar refractivity (Wildman–Crippen MR) is 74.6 cm³/mol. The van der Waals surface area contributed by atoms with E-state index in [1.165, 1.54) is 30.4 Å². The fraction of sp³-hybridized carbons (Fsp3) is 0.500. The second-order valence-electron chi connectivity index (χ2n) is 4.33. The van der Waals surface area contributed by atoms with Crippen molar-refractivity contribution in [1.29, 1.82) is 0 Å². The molecular weight excluding hydrogens is 306 g/mol. The predicted octanol–water partition coefficient (Wildman–Crippen LogP) is 3.18. The Morgan fingerprint density at radius 2 is 2.40 bits per heavy atom. The van der Waals surface area contributed by atoms with E-state index in [0.29, 0.717) is 16.9 Å². The second kappa shape index (κ2) is 7.58. The molecule has 0 aliphatic heterocycles. The number of oxime groups is 1. The van der Waals surface area contributed by atoms with Crippen molar-refractivity contribution in [2.24, 2.45) is 11.1 Å². The van der Waals surface area contributed by atoms with Crippen LogP contribution >= 0.6 is 11.3 Å². The number of thiazole rings is 1. The molecule has 1 aromatic rings. The molecule has 0 bridgehead atoms. The summed E-state index contributed by atoms with van der Waals surface area (Å²) in [6.07, 6.45) is 4.57. The minimum Gasteiger partial charge on any atom is -0.395 e. The van der Waals surface area contributed by atoms with Crippen molar-refractivity contribution in [3.05, 3.63) is 23.2 Å². The number of nitrogens with zero attached hydrogens (tertiary/aromatic N) is 2. The lowest BCUT2D eigenvalue weighted by Gasteiger charge is -1.94. The SMILES string of the molecule is O=S(CCC=C(F)F)c1ncc(C=NOCC2CC2)s1. The number of hydrogen-bond acceptors (Lipinski definition) is 5. The fourth-order valence-corrected chi connectivity index (χ4v) is 3.41. The third-order valence-corrected chi connectivity index (χ3v) is 5.20. The molecule has 1 saturated carbocycles. The van der Waals surface area contributed by atoms with Crippen LogP contribution in [0, 0.1) is 5.92 Å². The van der Waals surface area contributed by atoms with Crippen molar-refractivity contribution in [3.8, 4) is 0 Å². The zero-order chi connectivity index (χ0) is 14.4. The Morgan fingerprint density at radius 3 is 3.10 bits per heavy atom. The van der Waals surface area contributed by atoms with Gasteiger partial charge in [0.2, 0.25) is 0 Å². The van der Waals surface area contributed by atoms with E-state index in [1.54, 1.807) is 6.20 Å². The lowest BCUT2D eigenvalue weighted by atomic mass is 10.5. The third kappa shape index (κ3) is 5.46. The molecule has 8 heteroatoms.